The predicted octanol–water partition coefficient (Wildman–Crippen LogP) is 3.93. The van der Waals surface area contributed by atoms with E-state index in [2.05, 4.69) is 15.0 Å². The number of aromatic amines is 3. The van der Waals surface area contributed by atoms with Crippen molar-refractivity contribution in [3.8, 4) is 28.7 Å². The van der Waals surface area contributed by atoms with Gasteiger partial charge < -0.3 is 64.9 Å². The largest absolute Gasteiger partial charge is 0.506 e. The Labute approximate surface area is 323 Å². The summed E-state index contributed by atoms with van der Waals surface area (Å²) in [6.07, 6.45) is 2.61. The number of phenols is 3. The Hall–Kier alpha value is -7.04. The van der Waals surface area contributed by atoms with Crippen LogP contribution in [0.25, 0.3) is 32.7 Å². The SMILES string of the molecule is COc1c(O)c2c(c3cc(C(=O)N4CCc5c4c(O)c(OC)c4[nH]c(C(=O)N6CC(COC(C)=O)c7c6cc(O)c6[nH]cc(C)c76)cc54)[nH]c13)CCN2CC(N)=O. The number of aryl methyl sites for hydroxylation is 1. The molecule has 8 N–H and O–H groups in total. The highest BCUT2D eigenvalue weighted by molar-refractivity contribution is 6.16. The number of nitrogens with one attached hydrogen (secondary N) is 3. The molecule has 0 aliphatic carbocycles. The number of phenolic OH excluding ortho intramolecular Hbond substituents is 3. The van der Waals surface area contributed by atoms with Crippen LogP contribution in [0, 0.1) is 6.92 Å². The van der Waals surface area contributed by atoms with Gasteiger partial charge in [0, 0.05) is 60.9 Å². The van der Waals surface area contributed by atoms with Crippen molar-refractivity contribution in [2.75, 3.05) is 61.7 Å². The smallest absolute Gasteiger partial charge is 0.302 e. The van der Waals surface area contributed by atoms with Crippen molar-refractivity contribution in [3.63, 3.8) is 0 Å². The molecule has 57 heavy (non-hydrogen) atoms. The molecule has 0 spiro atoms. The van der Waals surface area contributed by atoms with Crippen LogP contribution < -0.4 is 29.9 Å². The minimum atomic E-state index is -0.554. The molecule has 3 aromatic heterocycles. The van der Waals surface area contributed by atoms with E-state index in [1.54, 1.807) is 23.2 Å². The van der Waals surface area contributed by atoms with E-state index < -0.39 is 23.7 Å². The van der Waals surface area contributed by atoms with Crippen LogP contribution in [-0.2, 0) is 27.2 Å². The molecule has 17 heteroatoms. The number of primary amides is 1. The van der Waals surface area contributed by atoms with E-state index in [0.29, 0.717) is 63.6 Å². The fourth-order valence-electron chi connectivity index (χ4n) is 9.11. The molecule has 0 radical (unpaired) electrons. The number of amides is 3. The molecule has 3 amide bonds. The van der Waals surface area contributed by atoms with Gasteiger partial charge in [-0.25, -0.2) is 0 Å². The Bertz CT molecular complexity index is 2760. The van der Waals surface area contributed by atoms with E-state index in [1.807, 2.05) is 6.92 Å². The van der Waals surface area contributed by atoms with E-state index in [9.17, 15) is 34.5 Å². The van der Waals surface area contributed by atoms with Crippen molar-refractivity contribution in [3.05, 3.63) is 58.0 Å². The standard InChI is InChI=1S/C40H39N7O10/c1-16-12-42-32-26(49)11-25-29(28(16)32)18(15-57-17(2)48)13-47(25)40(54)24-10-22-20-6-8-46(34(20)36(52)38(56-4)31(22)44-24)39(53)23-9-21-19-5-7-45(14-27(41)50)33(19)35(51)37(55-3)30(21)43-23/h9-12,18,42-44,49,51-52H,5-8,13-15H2,1-4H3,(H2,41,50). The van der Waals surface area contributed by atoms with Gasteiger partial charge in [0.25, 0.3) is 11.8 Å². The van der Waals surface area contributed by atoms with Gasteiger partial charge in [-0.05, 0) is 54.2 Å². The van der Waals surface area contributed by atoms with Gasteiger partial charge >= 0.3 is 5.97 Å². The molecule has 1 atom stereocenters. The minimum Gasteiger partial charge on any atom is -0.506 e. The molecule has 17 nitrogen and oxygen atoms in total. The average molecular weight is 778 g/mol. The summed E-state index contributed by atoms with van der Waals surface area (Å²) in [6, 6.07) is 4.87. The van der Waals surface area contributed by atoms with Gasteiger partial charge in [-0.2, -0.15) is 0 Å². The van der Waals surface area contributed by atoms with Crippen molar-refractivity contribution < 1.29 is 48.7 Å². The molecule has 3 aliphatic rings. The van der Waals surface area contributed by atoms with E-state index >= 15 is 0 Å². The van der Waals surface area contributed by atoms with E-state index in [0.717, 1.165) is 22.1 Å². The van der Waals surface area contributed by atoms with Crippen LogP contribution in [0.1, 0.15) is 56.1 Å². The van der Waals surface area contributed by atoms with Gasteiger partial charge in [-0.15, -0.1) is 0 Å². The third kappa shape index (κ3) is 5.14. The van der Waals surface area contributed by atoms with Gasteiger partial charge in [0.1, 0.15) is 17.1 Å². The zero-order chi connectivity index (χ0) is 40.2. The van der Waals surface area contributed by atoms with Crippen molar-refractivity contribution in [1.82, 2.24) is 15.0 Å². The molecule has 0 bridgehead atoms. The van der Waals surface area contributed by atoms with Gasteiger partial charge in [-0.1, -0.05) is 0 Å². The van der Waals surface area contributed by atoms with Gasteiger partial charge in [-0.3, -0.25) is 19.2 Å². The van der Waals surface area contributed by atoms with Gasteiger partial charge in [0.15, 0.2) is 23.0 Å². The third-order valence-electron chi connectivity index (χ3n) is 11.4. The highest BCUT2D eigenvalue weighted by atomic mass is 16.5. The highest BCUT2D eigenvalue weighted by Crippen LogP contribution is 2.52. The maximum absolute atomic E-state index is 14.5. The molecule has 1 unspecified atom stereocenters. The summed E-state index contributed by atoms with van der Waals surface area (Å²) in [7, 11) is 2.78. The summed E-state index contributed by atoms with van der Waals surface area (Å²) >= 11 is 0. The first-order valence-electron chi connectivity index (χ1n) is 18.4. The number of fused-ring (bicyclic) bond motifs is 9. The molecular formula is C40H39N7O10. The second-order valence-corrected chi connectivity index (χ2v) is 14.7. The number of H-pyrrole nitrogens is 3. The summed E-state index contributed by atoms with van der Waals surface area (Å²) in [5.74, 6) is -2.62. The summed E-state index contributed by atoms with van der Waals surface area (Å²) < 4.78 is 16.7. The van der Waals surface area contributed by atoms with Crippen LogP contribution in [0.4, 0.5) is 17.1 Å². The lowest BCUT2D eigenvalue weighted by atomic mass is 9.96. The number of hydrogen-bond donors (Lipinski definition) is 7. The first-order chi connectivity index (χ1) is 27.3. The lowest BCUT2D eigenvalue weighted by Crippen LogP contribution is -2.32. The van der Waals surface area contributed by atoms with Gasteiger partial charge in [0.05, 0.1) is 61.0 Å². The lowest BCUT2D eigenvalue weighted by molar-refractivity contribution is -0.141. The zero-order valence-electron chi connectivity index (χ0n) is 31.5. The molecule has 6 heterocycles. The Morgan fingerprint density at radius 2 is 1.44 bits per heavy atom. The Morgan fingerprint density at radius 1 is 0.842 bits per heavy atom. The number of hydrogen-bond acceptors (Lipinski definition) is 11. The number of carbonyl (C=O) groups is 4. The van der Waals surface area contributed by atoms with E-state index in [-0.39, 0.29) is 78.0 Å². The number of methoxy groups -OCH3 is 2. The number of benzene rings is 3. The molecule has 6 aromatic rings. The van der Waals surface area contributed by atoms with Crippen LogP contribution in [-0.4, -0.2) is 101 Å². The number of aromatic hydroxyl groups is 3. The first-order valence-corrected chi connectivity index (χ1v) is 18.4. The van der Waals surface area contributed by atoms with E-state index in [1.165, 1.54) is 37.0 Å². The molecule has 294 valence electrons. The zero-order valence-corrected chi connectivity index (χ0v) is 31.5. The topological polar surface area (TPSA) is 240 Å². The number of ether oxygens (including phenoxy) is 3. The highest BCUT2D eigenvalue weighted by Gasteiger charge is 2.40. The van der Waals surface area contributed by atoms with Crippen LogP contribution in [0.5, 0.6) is 28.7 Å². The number of nitrogens with two attached hydrogens (primary N) is 1. The number of rotatable bonds is 8. The minimum absolute atomic E-state index is 0.0307. The fraction of sp³-hybridized carbons (Fsp3) is 0.300. The summed E-state index contributed by atoms with van der Waals surface area (Å²) in [4.78, 5) is 66.5. The van der Waals surface area contributed by atoms with Crippen molar-refractivity contribution in [2.45, 2.75) is 32.6 Å². The number of aromatic nitrogens is 3. The average Bonchev–Trinajstić information content (AvgIpc) is 4.02. The number of carbonyl (C=O) groups excluding carboxylic acids is 4. The molecule has 9 rings (SSSR count). The third-order valence-corrected chi connectivity index (χ3v) is 11.4. The normalized spacial score (nSPS) is 15.8. The van der Waals surface area contributed by atoms with Crippen LogP contribution in [0.15, 0.2) is 24.4 Å². The molecule has 0 saturated heterocycles. The number of anilines is 3. The van der Waals surface area contributed by atoms with Crippen molar-refractivity contribution in [1.29, 1.82) is 0 Å². The van der Waals surface area contributed by atoms with Gasteiger partial charge in [0.2, 0.25) is 5.91 Å². The monoisotopic (exact) mass is 777 g/mol. The summed E-state index contributed by atoms with van der Waals surface area (Å²) in [5.41, 5.74) is 11.2. The quantitative estimate of drug-likeness (QED) is 0.109. The molecule has 0 fully saturated rings. The fourth-order valence-corrected chi connectivity index (χ4v) is 9.11. The molecule has 3 aliphatic heterocycles. The molecule has 0 saturated carbocycles. The Kier molecular flexibility index (Phi) is 7.98. The second kappa shape index (κ2) is 12.8. The Balaban J connectivity index is 1.10. The van der Waals surface area contributed by atoms with Crippen molar-refractivity contribution >= 4 is 73.5 Å². The number of esters is 1. The maximum atomic E-state index is 14.5. The summed E-state index contributed by atoms with van der Waals surface area (Å²) in [6.45, 7) is 3.95. The second-order valence-electron chi connectivity index (χ2n) is 14.7. The van der Waals surface area contributed by atoms with E-state index in [4.69, 9.17) is 19.9 Å². The first kappa shape index (κ1) is 35.6. The van der Waals surface area contributed by atoms with Crippen LogP contribution in [0.3, 0.4) is 0 Å². The predicted molar refractivity (Wildman–Crippen MR) is 209 cm³/mol. The molecule has 3 aromatic carbocycles. The number of nitrogens with zero attached hydrogens (tertiary/aromatic N) is 3. The van der Waals surface area contributed by atoms with Crippen LogP contribution >= 0.6 is 0 Å². The Morgan fingerprint density at radius 3 is 2.05 bits per heavy atom. The van der Waals surface area contributed by atoms with Crippen molar-refractivity contribution in [2.24, 2.45) is 5.73 Å². The maximum Gasteiger partial charge on any atom is 0.302 e. The lowest BCUT2D eigenvalue weighted by Gasteiger charge is -2.20. The van der Waals surface area contributed by atoms with Crippen LogP contribution in [0.2, 0.25) is 0 Å². The summed E-state index contributed by atoms with van der Waals surface area (Å²) in [5, 5.41) is 35.9. The molecular weight excluding hydrogens is 738 g/mol.